The smallest absolute Gasteiger partial charge is 0.123 e. The number of nitrogens with two attached hydrogens (primary N) is 1. The molecule has 1 unspecified atom stereocenters. The van der Waals surface area contributed by atoms with Crippen molar-refractivity contribution in [3.8, 4) is 10.4 Å². The Hall–Kier alpha value is -2.09. The minimum atomic E-state index is -0.198. The summed E-state index contributed by atoms with van der Waals surface area (Å²) in [5, 5.41) is 8.34. The molecule has 0 aliphatic carbocycles. The fourth-order valence-corrected chi connectivity index (χ4v) is 4.48. The van der Waals surface area contributed by atoms with E-state index in [-0.39, 0.29) is 5.82 Å². The average molecular weight is 371 g/mol. The monoisotopic (exact) mass is 371 g/mol. The molecule has 0 bridgehead atoms. The first-order chi connectivity index (χ1) is 12.7. The molecule has 1 fully saturated rings. The number of hydrogen-bond donors (Lipinski definition) is 1. The molecule has 0 saturated carbocycles. The molecule has 5 nitrogen and oxygen atoms in total. The van der Waals surface area contributed by atoms with Crippen molar-refractivity contribution in [2.75, 3.05) is 13.1 Å². The molecule has 2 aromatic heterocycles. The Morgan fingerprint density at radius 2 is 2.04 bits per heavy atom. The van der Waals surface area contributed by atoms with E-state index in [1.54, 1.807) is 11.3 Å². The molecule has 7 heteroatoms. The van der Waals surface area contributed by atoms with Gasteiger partial charge in [-0.1, -0.05) is 17.3 Å². The van der Waals surface area contributed by atoms with Crippen LogP contribution >= 0.6 is 11.3 Å². The maximum absolute atomic E-state index is 13.1. The van der Waals surface area contributed by atoms with Crippen molar-refractivity contribution in [2.24, 2.45) is 5.73 Å². The summed E-state index contributed by atoms with van der Waals surface area (Å²) in [4.78, 5) is 4.97. The van der Waals surface area contributed by atoms with Gasteiger partial charge in [0, 0.05) is 29.4 Å². The molecule has 1 aliphatic rings. The summed E-state index contributed by atoms with van der Waals surface area (Å²) in [6, 6.07) is 11.3. The van der Waals surface area contributed by atoms with Crippen molar-refractivity contribution in [1.29, 1.82) is 0 Å². The lowest BCUT2D eigenvalue weighted by atomic mass is 10.1. The number of rotatable bonds is 5. The molecule has 1 atom stereocenters. The maximum Gasteiger partial charge on any atom is 0.123 e. The zero-order valence-corrected chi connectivity index (χ0v) is 15.3. The third-order valence-corrected chi connectivity index (χ3v) is 5.91. The molecule has 3 heterocycles. The second kappa shape index (κ2) is 7.65. The summed E-state index contributed by atoms with van der Waals surface area (Å²) in [5.41, 5.74) is 7.54. The quantitative estimate of drug-likeness (QED) is 0.746. The van der Waals surface area contributed by atoms with Gasteiger partial charge < -0.3 is 5.73 Å². The van der Waals surface area contributed by atoms with Crippen LogP contribution in [0.25, 0.3) is 10.4 Å². The van der Waals surface area contributed by atoms with Gasteiger partial charge in [0.25, 0.3) is 0 Å². The summed E-state index contributed by atoms with van der Waals surface area (Å²) < 4.78 is 15.1. The molecule has 0 amide bonds. The fraction of sp³-hybridized carbons (Fsp3) is 0.368. The van der Waals surface area contributed by atoms with E-state index in [1.807, 2.05) is 23.0 Å². The molecule has 136 valence electrons. The number of piperidine rings is 1. The normalized spacial score (nSPS) is 18.3. The fourth-order valence-electron chi connectivity index (χ4n) is 3.43. The summed E-state index contributed by atoms with van der Waals surface area (Å²) in [6.45, 7) is 3.43. The average Bonchev–Trinajstić information content (AvgIpc) is 3.32. The van der Waals surface area contributed by atoms with Crippen LogP contribution in [-0.2, 0) is 13.1 Å². The van der Waals surface area contributed by atoms with E-state index in [1.165, 1.54) is 21.9 Å². The Labute approximate surface area is 156 Å². The van der Waals surface area contributed by atoms with Crippen LogP contribution in [0.5, 0.6) is 0 Å². The topological polar surface area (TPSA) is 60.0 Å². The van der Waals surface area contributed by atoms with E-state index in [9.17, 15) is 4.39 Å². The summed E-state index contributed by atoms with van der Waals surface area (Å²) in [5.74, 6) is -0.198. The number of benzene rings is 1. The van der Waals surface area contributed by atoms with E-state index in [0.29, 0.717) is 12.6 Å². The van der Waals surface area contributed by atoms with Crippen LogP contribution in [0.15, 0.2) is 42.6 Å². The third-order valence-electron chi connectivity index (χ3n) is 4.79. The Balaban J connectivity index is 1.41. The Bertz CT molecular complexity index is 857. The van der Waals surface area contributed by atoms with Gasteiger partial charge in [-0.25, -0.2) is 9.07 Å². The molecule has 0 spiro atoms. The highest BCUT2D eigenvalue weighted by molar-refractivity contribution is 7.15. The highest BCUT2D eigenvalue weighted by atomic mass is 32.1. The predicted octanol–water partition coefficient (Wildman–Crippen LogP) is 3.44. The molecular formula is C19H22FN5S. The summed E-state index contributed by atoms with van der Waals surface area (Å²) >= 11 is 1.77. The van der Waals surface area contributed by atoms with Crippen LogP contribution in [0, 0.1) is 5.82 Å². The van der Waals surface area contributed by atoms with E-state index in [4.69, 9.17) is 5.73 Å². The molecule has 0 radical (unpaired) electrons. The predicted molar refractivity (Wildman–Crippen MR) is 101 cm³/mol. The van der Waals surface area contributed by atoms with Crippen LogP contribution in [0.3, 0.4) is 0 Å². The van der Waals surface area contributed by atoms with Crippen molar-refractivity contribution >= 4 is 11.3 Å². The number of likely N-dealkylation sites (tertiary alicyclic amines) is 1. The van der Waals surface area contributed by atoms with Crippen molar-refractivity contribution in [3.05, 3.63) is 59.0 Å². The van der Waals surface area contributed by atoms with E-state index >= 15 is 0 Å². The van der Waals surface area contributed by atoms with Crippen molar-refractivity contribution in [1.82, 2.24) is 19.9 Å². The molecule has 3 aromatic rings. The molecule has 4 rings (SSSR count). The molecule has 2 N–H and O–H groups in total. The van der Waals surface area contributed by atoms with Gasteiger partial charge in [-0.05, 0) is 49.2 Å². The number of thiophene rings is 1. The third kappa shape index (κ3) is 3.85. The van der Waals surface area contributed by atoms with Gasteiger partial charge in [-0.3, -0.25) is 4.90 Å². The maximum atomic E-state index is 13.1. The molecule has 1 saturated heterocycles. The number of halogens is 1. The van der Waals surface area contributed by atoms with Gasteiger partial charge in [-0.2, -0.15) is 0 Å². The van der Waals surface area contributed by atoms with Crippen molar-refractivity contribution < 1.29 is 4.39 Å². The number of nitrogens with zero attached hydrogens (tertiary/aromatic N) is 4. The number of hydrogen-bond acceptors (Lipinski definition) is 5. The van der Waals surface area contributed by atoms with Crippen LogP contribution in [-0.4, -0.2) is 33.0 Å². The largest absolute Gasteiger partial charge is 0.325 e. The van der Waals surface area contributed by atoms with E-state index < -0.39 is 0 Å². The second-order valence-corrected chi connectivity index (χ2v) is 7.87. The van der Waals surface area contributed by atoms with Crippen LogP contribution in [0.2, 0.25) is 0 Å². The second-order valence-electron chi connectivity index (χ2n) is 6.70. The van der Waals surface area contributed by atoms with Gasteiger partial charge >= 0.3 is 0 Å². The lowest BCUT2D eigenvalue weighted by Gasteiger charge is -2.32. The lowest BCUT2D eigenvalue weighted by molar-refractivity contribution is 0.163. The molecular weight excluding hydrogens is 349 g/mol. The first-order valence-electron chi connectivity index (χ1n) is 8.89. The molecule has 1 aliphatic heterocycles. The van der Waals surface area contributed by atoms with Gasteiger partial charge in [0.2, 0.25) is 0 Å². The van der Waals surface area contributed by atoms with Crippen LogP contribution < -0.4 is 5.73 Å². The standard InChI is InChI=1S/C19H22FN5S/c20-15-5-3-14(4-6-15)19-8-7-18(26-19)13-24-9-1-2-17(12-24)25-11-16(10-21)22-23-25/h3-8,11,17H,1-2,9-10,12-13,21H2. The van der Waals surface area contributed by atoms with Crippen LogP contribution in [0.4, 0.5) is 4.39 Å². The SMILES string of the molecule is NCc1cn(C2CCCN(Cc3ccc(-c4ccc(F)cc4)s3)C2)nn1. The molecule has 26 heavy (non-hydrogen) atoms. The Kier molecular flexibility index (Phi) is 5.10. The van der Waals surface area contributed by atoms with Crippen LogP contribution in [0.1, 0.15) is 29.5 Å². The Morgan fingerprint density at radius 3 is 2.81 bits per heavy atom. The van der Waals surface area contributed by atoms with E-state index in [2.05, 4.69) is 27.3 Å². The van der Waals surface area contributed by atoms with Crippen molar-refractivity contribution in [2.45, 2.75) is 32.0 Å². The zero-order valence-electron chi connectivity index (χ0n) is 14.5. The van der Waals surface area contributed by atoms with Gasteiger partial charge in [-0.15, -0.1) is 16.4 Å². The summed E-state index contributed by atoms with van der Waals surface area (Å²) in [6.07, 6.45) is 4.24. The Morgan fingerprint density at radius 1 is 1.19 bits per heavy atom. The zero-order chi connectivity index (χ0) is 17.9. The van der Waals surface area contributed by atoms with Gasteiger partial charge in [0.05, 0.1) is 17.9 Å². The van der Waals surface area contributed by atoms with E-state index in [0.717, 1.165) is 43.7 Å². The minimum absolute atomic E-state index is 0.198. The molecule has 1 aromatic carbocycles. The minimum Gasteiger partial charge on any atom is -0.325 e. The lowest BCUT2D eigenvalue weighted by Crippen LogP contribution is -2.36. The van der Waals surface area contributed by atoms with Gasteiger partial charge in [0.15, 0.2) is 0 Å². The number of aromatic nitrogens is 3. The highest BCUT2D eigenvalue weighted by Crippen LogP contribution is 2.30. The van der Waals surface area contributed by atoms with Crippen molar-refractivity contribution in [3.63, 3.8) is 0 Å². The summed E-state index contributed by atoms with van der Waals surface area (Å²) in [7, 11) is 0. The van der Waals surface area contributed by atoms with Gasteiger partial charge in [0.1, 0.15) is 5.82 Å². The first kappa shape index (κ1) is 17.3. The first-order valence-corrected chi connectivity index (χ1v) is 9.70. The highest BCUT2D eigenvalue weighted by Gasteiger charge is 2.22.